The molecule has 2 atom stereocenters. The molecule has 0 aromatic heterocycles. The van der Waals surface area contributed by atoms with Crippen LogP contribution in [0.4, 0.5) is 0 Å². The molecule has 0 saturated carbocycles. The molecule has 1 heterocycles. The summed E-state index contributed by atoms with van der Waals surface area (Å²) < 4.78 is 26.3. The number of hydrogen-bond acceptors (Lipinski definition) is 5. The van der Waals surface area contributed by atoms with Gasteiger partial charge in [0.2, 0.25) is 0 Å². The standard InChI is InChI=1S/C12H18N2O4S/c1-19(16,17)18-9-6-10-2-4-11(5-3-10)12-13-7-8-14(12)15/h2-5,12-14H,6-9H2,1H3. The van der Waals surface area contributed by atoms with Crippen LogP contribution in [0, 0.1) is 5.21 Å². The molecule has 106 valence electrons. The normalized spacial score (nSPS) is 23.7. The molecular formula is C12H18N2O4S. The summed E-state index contributed by atoms with van der Waals surface area (Å²) in [5, 5.41) is 15.0. The second kappa shape index (κ2) is 5.98. The van der Waals surface area contributed by atoms with E-state index in [1.807, 2.05) is 24.3 Å². The van der Waals surface area contributed by atoms with Gasteiger partial charge < -0.3 is 10.3 Å². The van der Waals surface area contributed by atoms with Crippen LogP contribution in [-0.4, -0.2) is 34.4 Å². The first-order valence-corrected chi connectivity index (χ1v) is 7.97. The molecule has 0 amide bonds. The van der Waals surface area contributed by atoms with Gasteiger partial charge in [-0.3, -0.25) is 9.50 Å². The van der Waals surface area contributed by atoms with Crippen LogP contribution in [-0.2, 0) is 20.7 Å². The van der Waals surface area contributed by atoms with Crippen molar-refractivity contribution in [3.63, 3.8) is 0 Å². The number of hydroxylamine groups is 2. The molecule has 1 aliphatic rings. The third-order valence-electron chi connectivity index (χ3n) is 3.04. The summed E-state index contributed by atoms with van der Waals surface area (Å²) in [6.45, 7) is 1.45. The third kappa shape index (κ3) is 4.26. The number of benzene rings is 1. The monoisotopic (exact) mass is 286 g/mol. The first-order valence-electron chi connectivity index (χ1n) is 6.15. The number of hydrogen-bond donors (Lipinski definition) is 2. The number of quaternary nitrogens is 1. The molecule has 2 rings (SSSR count). The van der Waals surface area contributed by atoms with E-state index in [9.17, 15) is 13.6 Å². The van der Waals surface area contributed by atoms with Crippen LogP contribution in [0.2, 0.25) is 0 Å². The summed E-state index contributed by atoms with van der Waals surface area (Å²) in [5.74, 6) is 0. The molecule has 1 fully saturated rings. The quantitative estimate of drug-likeness (QED) is 0.546. The lowest BCUT2D eigenvalue weighted by Crippen LogP contribution is -3.06. The van der Waals surface area contributed by atoms with Crippen LogP contribution < -0.4 is 10.4 Å². The topological polar surface area (TPSA) is 82.9 Å². The molecule has 2 N–H and O–H groups in total. The highest BCUT2D eigenvalue weighted by Gasteiger charge is 2.22. The summed E-state index contributed by atoms with van der Waals surface area (Å²) in [6, 6.07) is 7.59. The predicted octanol–water partition coefficient (Wildman–Crippen LogP) is -0.810. The Morgan fingerprint density at radius 3 is 2.63 bits per heavy atom. The van der Waals surface area contributed by atoms with Gasteiger partial charge in [-0.1, -0.05) is 24.3 Å². The molecule has 19 heavy (non-hydrogen) atoms. The van der Waals surface area contributed by atoms with Crippen LogP contribution in [0.1, 0.15) is 17.3 Å². The van der Waals surface area contributed by atoms with Crippen molar-refractivity contribution in [2.24, 2.45) is 0 Å². The highest BCUT2D eigenvalue weighted by molar-refractivity contribution is 7.85. The van der Waals surface area contributed by atoms with Gasteiger partial charge in [0.25, 0.3) is 10.1 Å². The average molecular weight is 286 g/mol. The van der Waals surface area contributed by atoms with Crippen molar-refractivity contribution in [1.29, 1.82) is 0 Å². The van der Waals surface area contributed by atoms with E-state index < -0.39 is 10.1 Å². The van der Waals surface area contributed by atoms with Crippen LogP contribution in [0.25, 0.3) is 0 Å². The van der Waals surface area contributed by atoms with Crippen molar-refractivity contribution in [1.82, 2.24) is 5.32 Å². The minimum absolute atomic E-state index is 0.138. The first kappa shape index (κ1) is 14.4. The molecule has 6 nitrogen and oxygen atoms in total. The third-order valence-corrected chi connectivity index (χ3v) is 3.64. The molecule has 2 unspecified atom stereocenters. The SMILES string of the molecule is CS(=O)(=O)OCCc1ccc(C2NCC[NH+]2[O-])cc1. The fraction of sp³-hybridized carbons (Fsp3) is 0.500. The second-order valence-corrected chi connectivity index (χ2v) is 6.27. The van der Waals surface area contributed by atoms with Crippen molar-refractivity contribution < 1.29 is 17.7 Å². The van der Waals surface area contributed by atoms with Gasteiger partial charge in [-0.2, -0.15) is 8.42 Å². The maximum atomic E-state index is 11.6. The number of nitrogens with one attached hydrogen (secondary N) is 2. The van der Waals surface area contributed by atoms with E-state index >= 15 is 0 Å². The van der Waals surface area contributed by atoms with Gasteiger partial charge in [0.15, 0.2) is 6.17 Å². The van der Waals surface area contributed by atoms with E-state index in [1.165, 1.54) is 0 Å². The summed E-state index contributed by atoms with van der Waals surface area (Å²) >= 11 is 0. The zero-order valence-corrected chi connectivity index (χ0v) is 11.6. The van der Waals surface area contributed by atoms with Gasteiger partial charge >= 0.3 is 0 Å². The average Bonchev–Trinajstić information content (AvgIpc) is 2.75. The zero-order chi connectivity index (χ0) is 13.9. The smallest absolute Gasteiger partial charge is 0.264 e. The molecular weight excluding hydrogens is 268 g/mol. The van der Waals surface area contributed by atoms with Crippen LogP contribution in [0.15, 0.2) is 24.3 Å². The fourth-order valence-corrected chi connectivity index (χ4v) is 2.48. The van der Waals surface area contributed by atoms with Crippen molar-refractivity contribution in [3.05, 3.63) is 40.6 Å². The Labute approximate surface area is 113 Å². The van der Waals surface area contributed by atoms with E-state index in [-0.39, 0.29) is 17.8 Å². The van der Waals surface area contributed by atoms with Crippen molar-refractivity contribution in [2.45, 2.75) is 12.6 Å². The van der Waals surface area contributed by atoms with Gasteiger partial charge in [-0.05, 0) is 12.0 Å². The zero-order valence-electron chi connectivity index (χ0n) is 10.8. The molecule has 0 spiro atoms. The molecule has 1 aromatic rings. The maximum Gasteiger partial charge on any atom is 0.264 e. The molecule has 0 radical (unpaired) electrons. The summed E-state index contributed by atoms with van der Waals surface area (Å²) in [4.78, 5) is 0. The molecule has 1 aliphatic heterocycles. The fourth-order valence-electron chi connectivity index (χ4n) is 2.09. The van der Waals surface area contributed by atoms with E-state index in [0.29, 0.717) is 13.0 Å². The highest BCUT2D eigenvalue weighted by Crippen LogP contribution is 2.11. The lowest BCUT2D eigenvalue weighted by atomic mass is 10.1. The van der Waals surface area contributed by atoms with Gasteiger partial charge in [-0.15, -0.1) is 0 Å². The van der Waals surface area contributed by atoms with Gasteiger partial charge in [0.05, 0.1) is 26.0 Å². The Bertz CT molecular complexity index is 515. The molecule has 0 bridgehead atoms. The molecule has 7 heteroatoms. The van der Waals surface area contributed by atoms with E-state index in [0.717, 1.165) is 23.9 Å². The molecule has 1 saturated heterocycles. The van der Waals surface area contributed by atoms with Crippen LogP contribution in [0.5, 0.6) is 0 Å². The largest absolute Gasteiger partial charge is 0.633 e. The summed E-state index contributed by atoms with van der Waals surface area (Å²) in [6.07, 6.45) is 1.37. The Morgan fingerprint density at radius 1 is 1.42 bits per heavy atom. The Balaban J connectivity index is 1.91. The lowest BCUT2D eigenvalue weighted by molar-refractivity contribution is -0.868. The summed E-state index contributed by atoms with van der Waals surface area (Å²) in [7, 11) is -3.38. The van der Waals surface area contributed by atoms with Crippen LogP contribution in [0.3, 0.4) is 0 Å². The summed E-state index contributed by atoms with van der Waals surface area (Å²) in [5.41, 5.74) is 1.94. The van der Waals surface area contributed by atoms with Crippen molar-refractivity contribution in [3.8, 4) is 0 Å². The second-order valence-electron chi connectivity index (χ2n) is 4.62. The Kier molecular flexibility index (Phi) is 4.54. The van der Waals surface area contributed by atoms with E-state index in [1.54, 1.807) is 0 Å². The minimum atomic E-state index is -3.38. The van der Waals surface area contributed by atoms with Gasteiger partial charge in [0.1, 0.15) is 0 Å². The number of rotatable bonds is 5. The highest BCUT2D eigenvalue weighted by atomic mass is 32.2. The van der Waals surface area contributed by atoms with E-state index in [4.69, 9.17) is 0 Å². The Hall–Kier alpha value is -0.990. The maximum absolute atomic E-state index is 11.6. The van der Waals surface area contributed by atoms with Crippen molar-refractivity contribution >= 4 is 10.1 Å². The predicted molar refractivity (Wildman–Crippen MR) is 70.9 cm³/mol. The molecule has 1 aromatic carbocycles. The van der Waals surface area contributed by atoms with Crippen LogP contribution >= 0.6 is 0 Å². The van der Waals surface area contributed by atoms with E-state index in [2.05, 4.69) is 9.50 Å². The van der Waals surface area contributed by atoms with Crippen molar-refractivity contribution in [2.75, 3.05) is 26.0 Å². The minimum Gasteiger partial charge on any atom is -0.633 e. The lowest BCUT2D eigenvalue weighted by Gasteiger charge is -2.23. The van der Waals surface area contributed by atoms with Gasteiger partial charge in [-0.25, -0.2) is 0 Å². The molecule has 0 aliphatic carbocycles. The first-order chi connectivity index (χ1) is 8.96. The van der Waals surface area contributed by atoms with Gasteiger partial charge in [0, 0.05) is 5.56 Å². The Morgan fingerprint density at radius 2 is 2.11 bits per heavy atom.